The Bertz CT molecular complexity index is 711. The number of hydrogen-bond acceptors (Lipinski definition) is 6. The number of hydrogen-bond donors (Lipinski definition) is 1. The molecule has 0 saturated carbocycles. The average Bonchev–Trinajstić information content (AvgIpc) is 2.83. The second-order valence-electron chi connectivity index (χ2n) is 4.95. The van der Waals surface area contributed by atoms with E-state index in [9.17, 15) is 8.42 Å². The predicted molar refractivity (Wildman–Crippen MR) is 86.5 cm³/mol. The van der Waals surface area contributed by atoms with Crippen LogP contribution in [0, 0.1) is 6.92 Å². The molecule has 0 atom stereocenters. The first-order valence-electron chi connectivity index (χ1n) is 6.70. The number of ether oxygens (including phenoxy) is 1. The van der Waals surface area contributed by atoms with Crippen LogP contribution in [0.2, 0.25) is 0 Å². The molecule has 2 N–H and O–H groups in total. The molecule has 0 amide bonds. The summed E-state index contributed by atoms with van der Waals surface area (Å²) in [4.78, 5) is 7.67. The number of nitrogens with zero attached hydrogens (tertiary/aromatic N) is 2. The Hall–Kier alpha value is -1.48. The van der Waals surface area contributed by atoms with Crippen LogP contribution in [0.15, 0.2) is 35.4 Å². The van der Waals surface area contributed by atoms with Crippen molar-refractivity contribution in [2.45, 2.75) is 18.4 Å². The van der Waals surface area contributed by atoms with Crippen LogP contribution < -0.4 is 9.88 Å². The minimum atomic E-state index is -3.65. The Morgan fingerprint density at radius 3 is 2.55 bits per heavy atom. The molecule has 120 valence electrons. The number of benzene rings is 1. The number of sulfonamides is 1. The average molecular weight is 341 g/mol. The van der Waals surface area contributed by atoms with Crippen molar-refractivity contribution in [2.24, 2.45) is 5.14 Å². The number of nitrogens with two attached hydrogens (primary N) is 1. The first-order chi connectivity index (χ1) is 10.3. The van der Waals surface area contributed by atoms with Crippen LogP contribution in [0.5, 0.6) is 5.75 Å². The molecule has 0 aliphatic carbocycles. The van der Waals surface area contributed by atoms with E-state index in [4.69, 9.17) is 9.88 Å². The van der Waals surface area contributed by atoms with Crippen molar-refractivity contribution < 1.29 is 13.2 Å². The fourth-order valence-corrected chi connectivity index (χ4v) is 3.26. The first-order valence-corrected chi connectivity index (χ1v) is 9.06. The highest BCUT2D eigenvalue weighted by Crippen LogP contribution is 2.15. The van der Waals surface area contributed by atoms with Gasteiger partial charge in [-0.05, 0) is 38.2 Å². The molecule has 0 aliphatic rings. The van der Waals surface area contributed by atoms with Crippen molar-refractivity contribution in [1.82, 2.24) is 9.88 Å². The van der Waals surface area contributed by atoms with E-state index < -0.39 is 10.0 Å². The van der Waals surface area contributed by atoms with Crippen LogP contribution in [0.3, 0.4) is 0 Å². The summed E-state index contributed by atoms with van der Waals surface area (Å²) in [5.41, 5.74) is 0. The van der Waals surface area contributed by atoms with Gasteiger partial charge in [-0.25, -0.2) is 18.5 Å². The van der Waals surface area contributed by atoms with E-state index in [0.29, 0.717) is 12.4 Å². The van der Waals surface area contributed by atoms with Gasteiger partial charge in [0.25, 0.3) is 0 Å². The maximum atomic E-state index is 11.1. The molecule has 2 aromatic rings. The summed E-state index contributed by atoms with van der Waals surface area (Å²) in [5.74, 6) is 0.620. The van der Waals surface area contributed by atoms with Crippen molar-refractivity contribution in [3.63, 3.8) is 0 Å². The van der Waals surface area contributed by atoms with Gasteiger partial charge in [-0.15, -0.1) is 11.3 Å². The van der Waals surface area contributed by atoms with Gasteiger partial charge in [0.15, 0.2) is 0 Å². The summed E-state index contributed by atoms with van der Waals surface area (Å²) < 4.78 is 27.9. The molecule has 22 heavy (non-hydrogen) atoms. The minimum absolute atomic E-state index is 0.0810. The lowest BCUT2D eigenvalue weighted by molar-refractivity contribution is 0.234. The molecule has 0 radical (unpaired) electrons. The van der Waals surface area contributed by atoms with Crippen LogP contribution in [-0.4, -0.2) is 38.5 Å². The van der Waals surface area contributed by atoms with Gasteiger partial charge in [-0.2, -0.15) is 0 Å². The van der Waals surface area contributed by atoms with Crippen molar-refractivity contribution >= 4 is 21.4 Å². The predicted octanol–water partition coefficient (Wildman–Crippen LogP) is 1.61. The summed E-state index contributed by atoms with van der Waals surface area (Å²) in [5, 5.41) is 6.11. The number of thiazole rings is 1. The molecule has 1 aromatic carbocycles. The van der Waals surface area contributed by atoms with Crippen molar-refractivity contribution in [3.8, 4) is 5.75 Å². The van der Waals surface area contributed by atoms with Gasteiger partial charge < -0.3 is 4.74 Å². The second kappa shape index (κ2) is 7.19. The first kappa shape index (κ1) is 16.9. The Balaban J connectivity index is 1.78. The topological polar surface area (TPSA) is 85.5 Å². The summed E-state index contributed by atoms with van der Waals surface area (Å²) >= 11 is 1.69. The van der Waals surface area contributed by atoms with E-state index in [2.05, 4.69) is 9.88 Å². The van der Waals surface area contributed by atoms with Crippen LogP contribution in [0.1, 0.15) is 9.88 Å². The van der Waals surface area contributed by atoms with Crippen molar-refractivity contribution in [3.05, 3.63) is 40.3 Å². The highest BCUT2D eigenvalue weighted by atomic mass is 32.2. The van der Waals surface area contributed by atoms with Gasteiger partial charge in [0.05, 0.1) is 9.90 Å². The number of primary sulfonamides is 1. The number of likely N-dealkylation sites (N-methyl/N-ethyl adjacent to an activating group) is 1. The SMILES string of the molecule is Cc1ncc(CN(C)CCOc2ccc(S(N)(=O)=O)cc2)s1. The zero-order valence-electron chi connectivity index (χ0n) is 12.5. The second-order valence-corrected chi connectivity index (χ2v) is 7.83. The lowest BCUT2D eigenvalue weighted by atomic mass is 10.3. The number of rotatable bonds is 7. The van der Waals surface area contributed by atoms with E-state index in [0.717, 1.165) is 18.1 Å². The molecule has 0 unspecified atom stereocenters. The third-order valence-electron chi connectivity index (χ3n) is 2.99. The highest BCUT2D eigenvalue weighted by Gasteiger charge is 2.07. The summed E-state index contributed by atoms with van der Waals surface area (Å²) in [6, 6.07) is 6.08. The van der Waals surface area contributed by atoms with E-state index in [1.165, 1.54) is 17.0 Å². The monoisotopic (exact) mass is 341 g/mol. The minimum Gasteiger partial charge on any atom is -0.492 e. The molecule has 0 bridgehead atoms. The van der Waals surface area contributed by atoms with Gasteiger partial charge in [0.2, 0.25) is 10.0 Å². The molecular weight excluding hydrogens is 322 g/mol. The summed E-state index contributed by atoms with van der Waals surface area (Å²) in [6.07, 6.45) is 1.89. The van der Waals surface area contributed by atoms with Crippen molar-refractivity contribution in [1.29, 1.82) is 0 Å². The molecule has 0 spiro atoms. The largest absolute Gasteiger partial charge is 0.492 e. The van der Waals surface area contributed by atoms with Crippen molar-refractivity contribution in [2.75, 3.05) is 20.2 Å². The van der Waals surface area contributed by atoms with Gasteiger partial charge in [-0.1, -0.05) is 0 Å². The van der Waals surface area contributed by atoms with Crippen LogP contribution in [0.25, 0.3) is 0 Å². The molecule has 6 nitrogen and oxygen atoms in total. The molecule has 1 aromatic heterocycles. The van der Waals surface area contributed by atoms with Gasteiger partial charge in [0.1, 0.15) is 12.4 Å². The molecule has 8 heteroatoms. The van der Waals surface area contributed by atoms with E-state index in [1.54, 1.807) is 23.5 Å². The quantitative estimate of drug-likeness (QED) is 0.827. The molecule has 2 rings (SSSR count). The number of aromatic nitrogens is 1. The fraction of sp³-hybridized carbons (Fsp3) is 0.357. The Morgan fingerprint density at radius 1 is 1.32 bits per heavy atom. The molecule has 0 aliphatic heterocycles. The fourth-order valence-electron chi connectivity index (χ4n) is 1.87. The van der Waals surface area contributed by atoms with Crippen LogP contribution >= 0.6 is 11.3 Å². The standard InChI is InChI=1S/C14H19N3O3S2/c1-11-16-9-13(21-11)10-17(2)7-8-20-12-3-5-14(6-4-12)22(15,18)19/h3-6,9H,7-8,10H2,1-2H3,(H2,15,18,19). The zero-order chi connectivity index (χ0) is 16.2. The van der Waals surface area contributed by atoms with Gasteiger partial charge in [0, 0.05) is 24.2 Å². The maximum absolute atomic E-state index is 11.1. The molecular formula is C14H19N3O3S2. The highest BCUT2D eigenvalue weighted by molar-refractivity contribution is 7.89. The molecule has 1 heterocycles. The Kier molecular flexibility index (Phi) is 5.52. The lowest BCUT2D eigenvalue weighted by Gasteiger charge is -2.15. The van der Waals surface area contributed by atoms with E-state index >= 15 is 0 Å². The van der Waals surface area contributed by atoms with E-state index in [-0.39, 0.29) is 4.90 Å². The van der Waals surface area contributed by atoms with Gasteiger partial charge in [-0.3, -0.25) is 4.90 Å². The zero-order valence-corrected chi connectivity index (χ0v) is 14.2. The normalized spacial score (nSPS) is 11.8. The Morgan fingerprint density at radius 2 is 2.00 bits per heavy atom. The Labute approximate surface area is 134 Å². The van der Waals surface area contributed by atoms with E-state index in [1.807, 2.05) is 20.2 Å². The molecule has 0 fully saturated rings. The number of aryl methyl sites for hydroxylation is 1. The lowest BCUT2D eigenvalue weighted by Crippen LogP contribution is -2.23. The third-order valence-corrected chi connectivity index (χ3v) is 4.82. The maximum Gasteiger partial charge on any atom is 0.238 e. The third kappa shape index (κ3) is 5.06. The van der Waals surface area contributed by atoms with Crippen LogP contribution in [0.4, 0.5) is 0 Å². The molecule has 0 saturated heterocycles. The van der Waals surface area contributed by atoms with Crippen LogP contribution in [-0.2, 0) is 16.6 Å². The smallest absolute Gasteiger partial charge is 0.238 e. The summed E-state index contributed by atoms with van der Waals surface area (Å²) in [6.45, 7) is 4.10. The summed E-state index contributed by atoms with van der Waals surface area (Å²) in [7, 11) is -1.64. The van der Waals surface area contributed by atoms with Gasteiger partial charge >= 0.3 is 0 Å².